The number of nitrogens with one attached hydrogen (secondary N) is 1. The summed E-state index contributed by atoms with van der Waals surface area (Å²) in [5, 5.41) is 10.1. The SMILES string of the molecule is CC[C@@H](N)C(=O)NCC(F)(F)CO. The van der Waals surface area contributed by atoms with E-state index in [9.17, 15) is 13.6 Å². The van der Waals surface area contributed by atoms with Crippen molar-refractivity contribution in [2.45, 2.75) is 25.3 Å². The number of carbonyl (C=O) groups excluding carboxylic acids is 1. The lowest BCUT2D eigenvalue weighted by Crippen LogP contribution is -2.46. The minimum Gasteiger partial charge on any atom is -0.390 e. The van der Waals surface area contributed by atoms with Crippen LogP contribution in [0.5, 0.6) is 0 Å². The second-order valence-electron chi connectivity index (χ2n) is 2.75. The molecule has 0 saturated heterocycles. The van der Waals surface area contributed by atoms with Gasteiger partial charge in [-0.2, -0.15) is 0 Å². The summed E-state index contributed by atoms with van der Waals surface area (Å²) < 4.78 is 24.8. The van der Waals surface area contributed by atoms with Gasteiger partial charge in [0.05, 0.1) is 12.6 Å². The summed E-state index contributed by atoms with van der Waals surface area (Å²) in [6, 6.07) is -0.769. The molecule has 0 radical (unpaired) electrons. The van der Waals surface area contributed by atoms with E-state index in [0.717, 1.165) is 0 Å². The predicted octanol–water partition coefficient (Wildman–Crippen LogP) is -0.533. The fraction of sp³-hybridized carbons (Fsp3) is 0.857. The first-order chi connectivity index (χ1) is 5.93. The first-order valence-electron chi connectivity index (χ1n) is 3.95. The Morgan fingerprint density at radius 2 is 2.23 bits per heavy atom. The Balaban J connectivity index is 3.83. The highest BCUT2D eigenvalue weighted by atomic mass is 19.3. The van der Waals surface area contributed by atoms with Crippen molar-refractivity contribution >= 4 is 5.91 Å². The lowest BCUT2D eigenvalue weighted by atomic mass is 10.2. The van der Waals surface area contributed by atoms with Crippen molar-refractivity contribution in [2.24, 2.45) is 5.73 Å². The van der Waals surface area contributed by atoms with Crippen molar-refractivity contribution in [3.05, 3.63) is 0 Å². The quantitative estimate of drug-likeness (QED) is 0.553. The minimum absolute atomic E-state index is 0.385. The van der Waals surface area contributed by atoms with Crippen LogP contribution in [0.15, 0.2) is 0 Å². The van der Waals surface area contributed by atoms with Gasteiger partial charge in [0.25, 0.3) is 5.92 Å². The van der Waals surface area contributed by atoms with E-state index in [0.29, 0.717) is 6.42 Å². The molecule has 78 valence electrons. The van der Waals surface area contributed by atoms with Crippen LogP contribution in [0.1, 0.15) is 13.3 Å². The molecule has 0 spiro atoms. The second-order valence-corrected chi connectivity index (χ2v) is 2.75. The van der Waals surface area contributed by atoms with Crippen LogP contribution in [0.25, 0.3) is 0 Å². The lowest BCUT2D eigenvalue weighted by Gasteiger charge is -2.15. The van der Waals surface area contributed by atoms with Crippen LogP contribution in [0, 0.1) is 0 Å². The molecule has 0 fully saturated rings. The number of aliphatic hydroxyl groups is 1. The van der Waals surface area contributed by atoms with Crippen molar-refractivity contribution in [1.29, 1.82) is 0 Å². The summed E-state index contributed by atoms with van der Waals surface area (Å²) in [7, 11) is 0. The molecule has 0 unspecified atom stereocenters. The molecule has 1 amide bonds. The summed E-state index contributed by atoms with van der Waals surface area (Å²) in [6.45, 7) is -0.487. The van der Waals surface area contributed by atoms with Crippen molar-refractivity contribution in [3.8, 4) is 0 Å². The maximum absolute atomic E-state index is 12.4. The molecule has 1 atom stereocenters. The predicted molar refractivity (Wildman–Crippen MR) is 43.3 cm³/mol. The van der Waals surface area contributed by atoms with Gasteiger partial charge in [-0.3, -0.25) is 4.79 Å². The number of hydrogen-bond donors (Lipinski definition) is 3. The van der Waals surface area contributed by atoms with Crippen LogP contribution >= 0.6 is 0 Å². The number of amides is 1. The number of halogens is 2. The maximum atomic E-state index is 12.4. The van der Waals surface area contributed by atoms with Crippen LogP contribution in [-0.2, 0) is 4.79 Å². The third-order valence-electron chi connectivity index (χ3n) is 1.53. The van der Waals surface area contributed by atoms with E-state index in [2.05, 4.69) is 0 Å². The molecular weight excluding hydrogens is 182 g/mol. The number of hydrogen-bond acceptors (Lipinski definition) is 3. The largest absolute Gasteiger partial charge is 0.390 e. The molecule has 0 heterocycles. The highest BCUT2D eigenvalue weighted by Gasteiger charge is 2.28. The summed E-state index contributed by atoms with van der Waals surface area (Å²) >= 11 is 0. The average Bonchev–Trinajstić information content (AvgIpc) is 2.13. The average molecular weight is 196 g/mol. The van der Waals surface area contributed by atoms with Gasteiger partial charge in [-0.15, -0.1) is 0 Å². The van der Waals surface area contributed by atoms with Gasteiger partial charge in [0, 0.05) is 0 Å². The van der Waals surface area contributed by atoms with Crippen LogP contribution in [-0.4, -0.2) is 36.1 Å². The summed E-state index contributed by atoms with van der Waals surface area (Å²) in [5.74, 6) is -3.90. The van der Waals surface area contributed by atoms with Crippen molar-refractivity contribution in [2.75, 3.05) is 13.2 Å². The first-order valence-corrected chi connectivity index (χ1v) is 3.95. The zero-order chi connectivity index (χ0) is 10.5. The molecule has 0 saturated carbocycles. The molecule has 6 heteroatoms. The van der Waals surface area contributed by atoms with E-state index in [1.165, 1.54) is 0 Å². The monoisotopic (exact) mass is 196 g/mol. The van der Waals surface area contributed by atoms with Crippen LogP contribution in [0.4, 0.5) is 8.78 Å². The topological polar surface area (TPSA) is 75.4 Å². The molecular formula is C7H14F2N2O2. The van der Waals surface area contributed by atoms with Gasteiger partial charge in [-0.1, -0.05) is 6.92 Å². The number of nitrogens with two attached hydrogens (primary N) is 1. The molecule has 4 N–H and O–H groups in total. The van der Waals surface area contributed by atoms with E-state index < -0.39 is 31.0 Å². The van der Waals surface area contributed by atoms with Crippen molar-refractivity contribution in [1.82, 2.24) is 5.32 Å². The lowest BCUT2D eigenvalue weighted by molar-refractivity contribution is -0.125. The van der Waals surface area contributed by atoms with Gasteiger partial charge in [-0.05, 0) is 6.42 Å². The zero-order valence-electron chi connectivity index (χ0n) is 7.39. The highest BCUT2D eigenvalue weighted by Crippen LogP contribution is 2.09. The fourth-order valence-corrected chi connectivity index (χ4v) is 0.589. The molecule has 0 aliphatic rings. The molecule has 13 heavy (non-hydrogen) atoms. The fourth-order valence-electron chi connectivity index (χ4n) is 0.589. The van der Waals surface area contributed by atoms with Gasteiger partial charge in [0.2, 0.25) is 5.91 Å². The number of rotatable bonds is 5. The van der Waals surface area contributed by atoms with Crippen LogP contribution in [0.2, 0.25) is 0 Å². The molecule has 0 aromatic rings. The Kier molecular flexibility index (Phi) is 4.79. The van der Waals surface area contributed by atoms with Crippen molar-refractivity contribution < 1.29 is 18.7 Å². The molecule has 4 nitrogen and oxygen atoms in total. The zero-order valence-corrected chi connectivity index (χ0v) is 7.39. The normalized spacial score (nSPS) is 13.9. The second kappa shape index (κ2) is 5.08. The Morgan fingerprint density at radius 1 is 1.69 bits per heavy atom. The smallest absolute Gasteiger partial charge is 0.287 e. The van der Waals surface area contributed by atoms with E-state index in [1.807, 2.05) is 5.32 Å². The Labute approximate surface area is 75.1 Å². The third-order valence-corrected chi connectivity index (χ3v) is 1.53. The molecule has 0 bridgehead atoms. The Hall–Kier alpha value is -0.750. The Bertz CT molecular complexity index is 176. The molecule has 0 aliphatic heterocycles. The van der Waals surface area contributed by atoms with Gasteiger partial charge >= 0.3 is 0 Å². The molecule has 0 aromatic heterocycles. The Morgan fingerprint density at radius 3 is 2.62 bits per heavy atom. The van der Waals surface area contributed by atoms with Gasteiger partial charge in [0.1, 0.15) is 6.61 Å². The summed E-state index contributed by atoms with van der Waals surface area (Å²) in [5.41, 5.74) is 5.27. The number of carbonyl (C=O) groups is 1. The van der Waals surface area contributed by atoms with Gasteiger partial charge in [-0.25, -0.2) is 8.78 Å². The first kappa shape index (κ1) is 12.2. The van der Waals surface area contributed by atoms with Crippen LogP contribution < -0.4 is 11.1 Å². The van der Waals surface area contributed by atoms with E-state index in [4.69, 9.17) is 10.8 Å². The summed E-state index contributed by atoms with van der Waals surface area (Å²) in [4.78, 5) is 10.9. The van der Waals surface area contributed by atoms with Gasteiger partial charge in [0.15, 0.2) is 0 Å². The standard InChI is InChI=1S/C7H14F2N2O2/c1-2-5(10)6(13)11-3-7(8,9)4-12/h5,12H,2-4,10H2,1H3,(H,11,13)/t5-/m1/s1. The van der Waals surface area contributed by atoms with E-state index in [-0.39, 0.29) is 0 Å². The van der Waals surface area contributed by atoms with Crippen molar-refractivity contribution in [3.63, 3.8) is 0 Å². The van der Waals surface area contributed by atoms with Crippen LogP contribution in [0.3, 0.4) is 0 Å². The van der Waals surface area contributed by atoms with E-state index in [1.54, 1.807) is 6.92 Å². The number of alkyl halides is 2. The molecule has 0 aromatic carbocycles. The van der Waals surface area contributed by atoms with Gasteiger partial charge < -0.3 is 16.2 Å². The number of aliphatic hydroxyl groups excluding tert-OH is 1. The highest BCUT2D eigenvalue weighted by molar-refractivity contribution is 5.81. The molecule has 0 rings (SSSR count). The third kappa shape index (κ3) is 4.74. The maximum Gasteiger partial charge on any atom is 0.287 e. The van der Waals surface area contributed by atoms with E-state index >= 15 is 0 Å². The molecule has 0 aliphatic carbocycles. The summed E-state index contributed by atoms with van der Waals surface area (Å²) in [6.07, 6.45) is 0.385. The minimum atomic E-state index is -3.27.